The fourth-order valence-electron chi connectivity index (χ4n) is 2.08. The maximum absolute atomic E-state index is 10.1. The van der Waals surface area contributed by atoms with Gasteiger partial charge in [-0.15, -0.1) is 0 Å². The van der Waals surface area contributed by atoms with Crippen LogP contribution in [-0.2, 0) is 0 Å². The summed E-state index contributed by atoms with van der Waals surface area (Å²) in [7, 11) is 0. The third-order valence-corrected chi connectivity index (χ3v) is 3.34. The molecule has 2 rings (SSSR count). The zero-order chi connectivity index (χ0) is 12.6. The van der Waals surface area contributed by atoms with Crippen LogP contribution in [0.3, 0.4) is 0 Å². The van der Waals surface area contributed by atoms with Crippen LogP contribution in [0.4, 0.5) is 0 Å². The van der Waals surface area contributed by atoms with Crippen molar-refractivity contribution >= 4 is 15.9 Å². The lowest BCUT2D eigenvalue weighted by atomic mass is 9.98. The van der Waals surface area contributed by atoms with Crippen molar-refractivity contribution in [2.75, 3.05) is 0 Å². The number of halogens is 1. The maximum atomic E-state index is 10.1. The summed E-state index contributed by atoms with van der Waals surface area (Å²) in [5.74, 6) is 0.306. The van der Waals surface area contributed by atoms with Crippen LogP contribution in [-0.4, -0.2) is 5.11 Å². The number of hydrogen-bond acceptors (Lipinski definition) is 1. The van der Waals surface area contributed by atoms with E-state index in [-0.39, 0.29) is 0 Å². The summed E-state index contributed by atoms with van der Waals surface area (Å²) in [6, 6.07) is 10.2. The molecule has 0 radical (unpaired) electrons. The summed E-state index contributed by atoms with van der Waals surface area (Å²) in [5, 5.41) is 10.1. The van der Waals surface area contributed by atoms with E-state index in [1.54, 1.807) is 0 Å². The van der Waals surface area contributed by atoms with Crippen LogP contribution in [0.25, 0.3) is 11.1 Å². The van der Waals surface area contributed by atoms with Crippen LogP contribution in [0.1, 0.15) is 16.7 Å². The highest BCUT2D eigenvalue weighted by Crippen LogP contribution is 2.37. The van der Waals surface area contributed by atoms with Gasteiger partial charge in [0.15, 0.2) is 0 Å². The number of phenolic OH excluding ortho intramolecular Hbond substituents is 1. The van der Waals surface area contributed by atoms with Gasteiger partial charge in [-0.2, -0.15) is 0 Å². The second-order valence-electron chi connectivity index (χ2n) is 4.52. The Bertz CT molecular complexity index is 553. The molecular formula is C15H15BrO. The average molecular weight is 291 g/mol. The summed E-state index contributed by atoms with van der Waals surface area (Å²) in [4.78, 5) is 0. The SMILES string of the molecule is Cc1cc(C)cc(-c2cc(C)cc(Br)c2O)c1. The molecule has 0 aliphatic carbocycles. The van der Waals surface area contributed by atoms with Crippen molar-refractivity contribution in [2.24, 2.45) is 0 Å². The molecule has 0 bridgehead atoms. The molecule has 0 unspecified atom stereocenters. The molecule has 2 heteroatoms. The molecule has 0 aliphatic rings. The smallest absolute Gasteiger partial charge is 0.137 e. The maximum Gasteiger partial charge on any atom is 0.137 e. The van der Waals surface area contributed by atoms with Crippen molar-refractivity contribution < 1.29 is 5.11 Å². The van der Waals surface area contributed by atoms with Gasteiger partial charge < -0.3 is 5.11 Å². The highest BCUT2D eigenvalue weighted by molar-refractivity contribution is 9.10. The molecule has 0 saturated heterocycles. The number of phenols is 1. The number of benzene rings is 2. The van der Waals surface area contributed by atoms with Gasteiger partial charge in [-0.25, -0.2) is 0 Å². The largest absolute Gasteiger partial charge is 0.506 e. The second kappa shape index (κ2) is 4.53. The topological polar surface area (TPSA) is 20.2 Å². The van der Waals surface area contributed by atoms with Crippen LogP contribution >= 0.6 is 15.9 Å². The van der Waals surface area contributed by atoms with Gasteiger partial charge in [-0.3, -0.25) is 0 Å². The summed E-state index contributed by atoms with van der Waals surface area (Å²) in [6.45, 7) is 6.16. The molecule has 0 saturated carbocycles. The number of rotatable bonds is 1. The Morgan fingerprint density at radius 3 is 1.94 bits per heavy atom. The lowest BCUT2D eigenvalue weighted by Gasteiger charge is -2.10. The van der Waals surface area contributed by atoms with Crippen molar-refractivity contribution in [3.05, 3.63) is 51.5 Å². The van der Waals surface area contributed by atoms with Crippen LogP contribution in [0.2, 0.25) is 0 Å². The summed E-state index contributed by atoms with van der Waals surface area (Å²) < 4.78 is 0.742. The highest BCUT2D eigenvalue weighted by atomic mass is 79.9. The molecule has 0 amide bonds. The number of aryl methyl sites for hydroxylation is 3. The molecule has 17 heavy (non-hydrogen) atoms. The average Bonchev–Trinajstić information content (AvgIpc) is 2.22. The molecule has 0 atom stereocenters. The molecule has 0 aliphatic heterocycles. The monoisotopic (exact) mass is 290 g/mol. The van der Waals surface area contributed by atoms with Gasteiger partial charge in [0.25, 0.3) is 0 Å². The van der Waals surface area contributed by atoms with Gasteiger partial charge in [0.05, 0.1) is 4.47 Å². The first-order valence-corrected chi connectivity index (χ1v) is 6.34. The van der Waals surface area contributed by atoms with E-state index < -0.39 is 0 Å². The van der Waals surface area contributed by atoms with Crippen molar-refractivity contribution in [1.29, 1.82) is 0 Å². The highest BCUT2D eigenvalue weighted by Gasteiger charge is 2.09. The van der Waals surface area contributed by atoms with Crippen molar-refractivity contribution in [3.8, 4) is 16.9 Å². The van der Waals surface area contributed by atoms with E-state index >= 15 is 0 Å². The first-order chi connectivity index (χ1) is 7.97. The van der Waals surface area contributed by atoms with E-state index in [2.05, 4.69) is 48.0 Å². The van der Waals surface area contributed by atoms with E-state index in [0.717, 1.165) is 21.2 Å². The van der Waals surface area contributed by atoms with E-state index in [9.17, 15) is 5.11 Å². The lowest BCUT2D eigenvalue weighted by Crippen LogP contribution is -1.86. The Labute approximate surface area is 110 Å². The standard InChI is InChI=1S/C15H15BrO/c1-9-4-10(2)6-12(5-9)13-7-11(3)8-14(16)15(13)17/h4-8,17H,1-3H3. The number of aromatic hydroxyl groups is 1. The fraction of sp³-hybridized carbons (Fsp3) is 0.200. The minimum atomic E-state index is 0.306. The van der Waals surface area contributed by atoms with Gasteiger partial charge in [0.1, 0.15) is 5.75 Å². The van der Waals surface area contributed by atoms with E-state index in [1.807, 2.05) is 19.1 Å². The Hall–Kier alpha value is -1.28. The predicted octanol–water partition coefficient (Wildman–Crippen LogP) is 4.75. The third-order valence-electron chi connectivity index (χ3n) is 2.74. The first-order valence-electron chi connectivity index (χ1n) is 5.55. The normalized spacial score (nSPS) is 10.6. The molecule has 1 N–H and O–H groups in total. The van der Waals surface area contributed by atoms with E-state index in [1.165, 1.54) is 11.1 Å². The van der Waals surface area contributed by atoms with Crippen molar-refractivity contribution in [2.45, 2.75) is 20.8 Å². The van der Waals surface area contributed by atoms with Crippen LogP contribution < -0.4 is 0 Å². The quantitative estimate of drug-likeness (QED) is 0.804. The van der Waals surface area contributed by atoms with E-state index in [4.69, 9.17) is 0 Å². The molecule has 1 nitrogen and oxygen atoms in total. The number of hydrogen-bond donors (Lipinski definition) is 1. The van der Waals surface area contributed by atoms with Crippen molar-refractivity contribution in [1.82, 2.24) is 0 Å². The Kier molecular flexibility index (Phi) is 3.25. The fourth-order valence-corrected chi connectivity index (χ4v) is 2.66. The van der Waals surface area contributed by atoms with E-state index in [0.29, 0.717) is 5.75 Å². The minimum absolute atomic E-state index is 0.306. The van der Waals surface area contributed by atoms with Crippen LogP contribution in [0.5, 0.6) is 5.75 Å². The van der Waals surface area contributed by atoms with Gasteiger partial charge >= 0.3 is 0 Å². The molecule has 0 heterocycles. The van der Waals surface area contributed by atoms with Crippen molar-refractivity contribution in [3.63, 3.8) is 0 Å². The predicted molar refractivity (Wildman–Crippen MR) is 75.5 cm³/mol. The Morgan fingerprint density at radius 2 is 1.35 bits per heavy atom. The molecule has 0 aromatic heterocycles. The summed E-state index contributed by atoms with van der Waals surface area (Å²) >= 11 is 3.38. The van der Waals surface area contributed by atoms with Gasteiger partial charge in [-0.1, -0.05) is 29.3 Å². The Balaban J connectivity index is 2.67. The molecule has 0 spiro atoms. The third kappa shape index (κ3) is 2.52. The molecule has 88 valence electrons. The zero-order valence-corrected chi connectivity index (χ0v) is 11.8. The molecule has 2 aromatic carbocycles. The molecular weight excluding hydrogens is 276 g/mol. The van der Waals surface area contributed by atoms with Gasteiger partial charge in [0, 0.05) is 5.56 Å². The minimum Gasteiger partial charge on any atom is -0.506 e. The summed E-state index contributed by atoms with van der Waals surface area (Å²) in [6.07, 6.45) is 0. The van der Waals surface area contributed by atoms with Crippen LogP contribution in [0, 0.1) is 20.8 Å². The van der Waals surface area contributed by atoms with Gasteiger partial charge in [0.2, 0.25) is 0 Å². The molecule has 2 aromatic rings. The Morgan fingerprint density at radius 1 is 0.824 bits per heavy atom. The second-order valence-corrected chi connectivity index (χ2v) is 5.37. The lowest BCUT2D eigenvalue weighted by molar-refractivity contribution is 0.474. The van der Waals surface area contributed by atoms with Gasteiger partial charge in [-0.05, 0) is 60.0 Å². The van der Waals surface area contributed by atoms with Crippen LogP contribution in [0.15, 0.2) is 34.8 Å². The zero-order valence-electron chi connectivity index (χ0n) is 10.2. The summed E-state index contributed by atoms with van der Waals surface area (Å²) in [5.41, 5.74) is 5.48. The molecule has 0 fully saturated rings. The first kappa shape index (κ1) is 12.2.